The van der Waals surface area contributed by atoms with Gasteiger partial charge in [-0.15, -0.1) is 10.2 Å². The van der Waals surface area contributed by atoms with E-state index in [0.29, 0.717) is 12.6 Å². The fourth-order valence-corrected chi connectivity index (χ4v) is 2.77. The topological polar surface area (TPSA) is 52.0 Å². The lowest BCUT2D eigenvalue weighted by atomic mass is 10.2. The number of nitrogens with zero attached hydrogens (tertiary/aromatic N) is 3. The van der Waals surface area contributed by atoms with E-state index < -0.39 is 0 Å². The summed E-state index contributed by atoms with van der Waals surface area (Å²) in [5.74, 6) is 3.01. The third-order valence-corrected chi connectivity index (χ3v) is 3.89. The van der Waals surface area contributed by atoms with Crippen LogP contribution >= 0.6 is 0 Å². The predicted molar refractivity (Wildman–Crippen MR) is 81.4 cm³/mol. The molecule has 21 heavy (non-hydrogen) atoms. The molecule has 0 saturated carbocycles. The van der Waals surface area contributed by atoms with Crippen molar-refractivity contribution >= 4 is 0 Å². The van der Waals surface area contributed by atoms with Crippen LogP contribution in [0.3, 0.4) is 0 Å². The molecular formula is C16H22N4O. The molecule has 0 radical (unpaired) electrons. The summed E-state index contributed by atoms with van der Waals surface area (Å²) in [6.07, 6.45) is 1.83. The highest BCUT2D eigenvalue weighted by molar-refractivity contribution is 5.27. The summed E-state index contributed by atoms with van der Waals surface area (Å²) < 4.78 is 8.05. The molecule has 1 N–H and O–H groups in total. The Labute approximate surface area is 125 Å². The molecular weight excluding hydrogens is 264 g/mol. The zero-order chi connectivity index (χ0) is 14.7. The van der Waals surface area contributed by atoms with Crippen LogP contribution in [0.15, 0.2) is 24.3 Å². The molecule has 0 fully saturated rings. The second-order valence-electron chi connectivity index (χ2n) is 5.46. The highest BCUT2D eigenvalue weighted by Crippen LogP contribution is 2.19. The van der Waals surface area contributed by atoms with Crippen LogP contribution in [0, 0.1) is 6.92 Å². The Morgan fingerprint density at radius 2 is 2.29 bits per heavy atom. The maximum atomic E-state index is 5.81. The van der Waals surface area contributed by atoms with Crippen molar-refractivity contribution in [2.75, 3.05) is 13.2 Å². The number of rotatable bonds is 5. The fraction of sp³-hybridized carbons (Fsp3) is 0.500. The minimum absolute atomic E-state index is 0.331. The number of aryl methyl sites for hydroxylation is 1. The van der Waals surface area contributed by atoms with Gasteiger partial charge in [0.15, 0.2) is 0 Å². The maximum absolute atomic E-state index is 5.81. The lowest BCUT2D eigenvalue weighted by molar-refractivity contribution is 0.313. The Morgan fingerprint density at radius 1 is 1.38 bits per heavy atom. The molecule has 112 valence electrons. The van der Waals surface area contributed by atoms with Gasteiger partial charge < -0.3 is 14.6 Å². The zero-order valence-electron chi connectivity index (χ0n) is 12.7. The van der Waals surface area contributed by atoms with E-state index in [1.165, 1.54) is 5.56 Å². The average Bonchev–Trinajstić information content (AvgIpc) is 2.91. The molecule has 0 aliphatic carbocycles. The van der Waals surface area contributed by atoms with Gasteiger partial charge in [-0.1, -0.05) is 19.1 Å². The van der Waals surface area contributed by atoms with E-state index in [4.69, 9.17) is 4.74 Å². The maximum Gasteiger partial charge on any atom is 0.150 e. The molecule has 3 rings (SSSR count). The quantitative estimate of drug-likeness (QED) is 0.916. The smallest absolute Gasteiger partial charge is 0.150 e. The minimum atomic E-state index is 0.331. The number of benzene rings is 1. The van der Waals surface area contributed by atoms with Gasteiger partial charge in [0.2, 0.25) is 0 Å². The van der Waals surface area contributed by atoms with Crippen LogP contribution in [0.25, 0.3) is 0 Å². The SMILES string of the molecule is CCC1NCCn2c(CCOc3cccc(C)c3)nnc21. The van der Waals surface area contributed by atoms with E-state index in [0.717, 1.165) is 43.3 Å². The summed E-state index contributed by atoms with van der Waals surface area (Å²) in [6, 6.07) is 8.46. The monoisotopic (exact) mass is 286 g/mol. The van der Waals surface area contributed by atoms with Gasteiger partial charge in [-0.3, -0.25) is 0 Å². The minimum Gasteiger partial charge on any atom is -0.493 e. The van der Waals surface area contributed by atoms with Crippen LogP contribution in [-0.4, -0.2) is 27.9 Å². The van der Waals surface area contributed by atoms with Crippen molar-refractivity contribution in [1.29, 1.82) is 0 Å². The summed E-state index contributed by atoms with van der Waals surface area (Å²) in [7, 11) is 0. The predicted octanol–water partition coefficient (Wildman–Crippen LogP) is 2.26. The molecule has 1 aromatic heterocycles. The molecule has 0 bridgehead atoms. The van der Waals surface area contributed by atoms with E-state index in [-0.39, 0.29) is 0 Å². The molecule has 1 atom stereocenters. The molecule has 1 unspecified atom stereocenters. The van der Waals surface area contributed by atoms with Gasteiger partial charge in [-0.2, -0.15) is 0 Å². The molecule has 0 amide bonds. The Balaban J connectivity index is 1.62. The summed E-state index contributed by atoms with van der Waals surface area (Å²) in [5, 5.41) is 12.2. The summed E-state index contributed by atoms with van der Waals surface area (Å²) in [6.45, 7) is 6.79. The number of hydrogen-bond acceptors (Lipinski definition) is 4. The van der Waals surface area contributed by atoms with E-state index >= 15 is 0 Å². The van der Waals surface area contributed by atoms with Crippen molar-refractivity contribution in [3.05, 3.63) is 41.5 Å². The van der Waals surface area contributed by atoms with E-state index in [9.17, 15) is 0 Å². The summed E-state index contributed by atoms with van der Waals surface area (Å²) >= 11 is 0. The van der Waals surface area contributed by atoms with E-state index in [1.807, 2.05) is 12.1 Å². The average molecular weight is 286 g/mol. The Morgan fingerprint density at radius 3 is 3.10 bits per heavy atom. The third kappa shape index (κ3) is 3.08. The Hall–Kier alpha value is -1.88. The van der Waals surface area contributed by atoms with E-state index in [2.05, 4.69) is 46.1 Å². The van der Waals surface area contributed by atoms with Gasteiger partial charge in [0.05, 0.1) is 12.6 Å². The first-order valence-corrected chi connectivity index (χ1v) is 7.62. The summed E-state index contributed by atoms with van der Waals surface area (Å²) in [5.41, 5.74) is 1.21. The lowest BCUT2D eigenvalue weighted by Crippen LogP contribution is -2.34. The number of fused-ring (bicyclic) bond motifs is 1. The van der Waals surface area contributed by atoms with Crippen LogP contribution in [0.2, 0.25) is 0 Å². The van der Waals surface area contributed by atoms with Crippen molar-refractivity contribution in [3.8, 4) is 5.75 Å². The highest BCUT2D eigenvalue weighted by Gasteiger charge is 2.23. The van der Waals surface area contributed by atoms with Crippen molar-refractivity contribution < 1.29 is 4.74 Å². The second kappa shape index (κ2) is 6.26. The first-order valence-electron chi connectivity index (χ1n) is 7.62. The Kier molecular flexibility index (Phi) is 4.20. The van der Waals surface area contributed by atoms with Crippen molar-refractivity contribution in [3.63, 3.8) is 0 Å². The largest absolute Gasteiger partial charge is 0.493 e. The molecule has 1 aromatic carbocycles. The molecule has 1 aliphatic rings. The lowest BCUT2D eigenvalue weighted by Gasteiger charge is -2.24. The van der Waals surface area contributed by atoms with E-state index in [1.54, 1.807) is 0 Å². The third-order valence-electron chi connectivity index (χ3n) is 3.89. The van der Waals surface area contributed by atoms with Gasteiger partial charge in [-0.05, 0) is 31.0 Å². The number of ether oxygens (including phenoxy) is 1. The molecule has 5 nitrogen and oxygen atoms in total. The van der Waals surface area contributed by atoms with Gasteiger partial charge >= 0.3 is 0 Å². The zero-order valence-corrected chi connectivity index (χ0v) is 12.7. The van der Waals surface area contributed by atoms with Gasteiger partial charge in [0.1, 0.15) is 17.4 Å². The molecule has 0 saturated heterocycles. The van der Waals surface area contributed by atoms with Crippen molar-refractivity contribution in [1.82, 2.24) is 20.1 Å². The molecule has 2 aromatic rings. The van der Waals surface area contributed by atoms with Crippen LogP contribution in [0.4, 0.5) is 0 Å². The second-order valence-corrected chi connectivity index (χ2v) is 5.46. The van der Waals surface area contributed by atoms with Crippen LogP contribution < -0.4 is 10.1 Å². The molecule has 2 heterocycles. The Bertz CT molecular complexity index is 608. The van der Waals surface area contributed by atoms with Crippen LogP contribution in [0.1, 0.15) is 36.6 Å². The highest BCUT2D eigenvalue weighted by atomic mass is 16.5. The summed E-state index contributed by atoms with van der Waals surface area (Å²) in [4.78, 5) is 0. The van der Waals surface area contributed by atoms with Gasteiger partial charge in [0.25, 0.3) is 0 Å². The number of aromatic nitrogens is 3. The van der Waals surface area contributed by atoms with Crippen molar-refractivity contribution in [2.24, 2.45) is 0 Å². The number of nitrogens with one attached hydrogen (secondary N) is 1. The normalized spacial score (nSPS) is 17.5. The first-order chi connectivity index (χ1) is 10.3. The van der Waals surface area contributed by atoms with Crippen molar-refractivity contribution in [2.45, 2.75) is 39.3 Å². The van der Waals surface area contributed by atoms with Gasteiger partial charge in [-0.25, -0.2) is 0 Å². The van der Waals surface area contributed by atoms with Crippen LogP contribution in [-0.2, 0) is 13.0 Å². The molecule has 5 heteroatoms. The standard InChI is InChI=1S/C16H22N4O/c1-3-14-16-19-18-15(20(16)9-8-17-14)7-10-21-13-6-4-5-12(2)11-13/h4-6,11,14,17H,3,7-10H2,1-2H3. The first kappa shape index (κ1) is 14.1. The van der Waals surface area contributed by atoms with Gasteiger partial charge in [0, 0.05) is 19.5 Å². The number of hydrogen-bond donors (Lipinski definition) is 1. The molecule has 1 aliphatic heterocycles. The molecule has 0 spiro atoms. The van der Waals surface area contributed by atoms with Crippen LogP contribution in [0.5, 0.6) is 5.75 Å². The fourth-order valence-electron chi connectivity index (χ4n) is 2.77.